The number of hydrogen-bond acceptors (Lipinski definition) is 3. The number of carbonyl (C=O) groups is 1. The molecule has 0 bridgehead atoms. The Morgan fingerprint density at radius 2 is 1.96 bits per heavy atom. The van der Waals surface area contributed by atoms with E-state index in [-0.39, 0.29) is 11.4 Å². The first-order chi connectivity index (χ1) is 11.8. The Bertz CT molecular complexity index is 902. The first-order valence-corrected chi connectivity index (χ1v) is 7.36. The largest absolute Gasteiger partial charge is 0.484 e. The van der Waals surface area contributed by atoms with Gasteiger partial charge in [0.15, 0.2) is 6.61 Å². The maximum Gasteiger partial charge on any atom is 0.422 e. The monoisotopic (exact) mass is 349 g/mol. The van der Waals surface area contributed by atoms with Crippen LogP contribution in [0.3, 0.4) is 0 Å². The summed E-state index contributed by atoms with van der Waals surface area (Å²) in [4.78, 5) is 16.5. The van der Waals surface area contributed by atoms with E-state index >= 15 is 0 Å². The number of benzene rings is 1. The zero-order valence-corrected chi connectivity index (χ0v) is 13.2. The molecule has 5 nitrogen and oxygen atoms in total. The lowest BCUT2D eigenvalue weighted by atomic mass is 10.3. The van der Waals surface area contributed by atoms with Gasteiger partial charge in [-0.15, -0.1) is 0 Å². The SMILES string of the molecule is Cc1ccn2cc(C(=O)Nc3ccc(OCC(F)(F)F)cc3)nc2c1. The summed E-state index contributed by atoms with van der Waals surface area (Å²) in [5, 5.41) is 2.64. The minimum atomic E-state index is -4.39. The number of aryl methyl sites for hydroxylation is 1. The van der Waals surface area contributed by atoms with Crippen molar-refractivity contribution < 1.29 is 22.7 Å². The highest BCUT2D eigenvalue weighted by atomic mass is 19.4. The number of nitrogens with zero attached hydrogens (tertiary/aromatic N) is 2. The zero-order chi connectivity index (χ0) is 18.0. The average molecular weight is 349 g/mol. The molecule has 1 N–H and O–H groups in total. The van der Waals surface area contributed by atoms with Crippen molar-refractivity contribution in [3.05, 3.63) is 60.0 Å². The van der Waals surface area contributed by atoms with Crippen LogP contribution in [-0.4, -0.2) is 28.1 Å². The molecule has 0 unspecified atom stereocenters. The number of pyridine rings is 1. The van der Waals surface area contributed by atoms with Crippen molar-refractivity contribution in [2.75, 3.05) is 11.9 Å². The standard InChI is InChI=1S/C17H14F3N3O2/c1-11-6-7-23-9-14(22-15(23)8-11)16(24)21-12-2-4-13(5-3-12)25-10-17(18,19)20/h2-9H,10H2,1H3,(H,21,24). The molecule has 0 atom stereocenters. The number of carbonyl (C=O) groups excluding carboxylic acids is 1. The minimum Gasteiger partial charge on any atom is -0.484 e. The minimum absolute atomic E-state index is 0.0681. The van der Waals surface area contributed by atoms with E-state index in [1.807, 2.05) is 19.1 Å². The van der Waals surface area contributed by atoms with E-state index in [0.29, 0.717) is 11.3 Å². The van der Waals surface area contributed by atoms with Gasteiger partial charge in [0.05, 0.1) is 0 Å². The molecular weight excluding hydrogens is 335 g/mol. The normalized spacial score (nSPS) is 11.5. The van der Waals surface area contributed by atoms with Crippen LogP contribution in [0.5, 0.6) is 5.75 Å². The number of anilines is 1. The van der Waals surface area contributed by atoms with Crippen LogP contribution in [0.2, 0.25) is 0 Å². The molecule has 1 aromatic carbocycles. The van der Waals surface area contributed by atoms with Gasteiger partial charge in [0.1, 0.15) is 17.1 Å². The van der Waals surface area contributed by atoms with Gasteiger partial charge in [0, 0.05) is 18.1 Å². The van der Waals surface area contributed by atoms with E-state index in [1.165, 1.54) is 24.3 Å². The second-order valence-corrected chi connectivity index (χ2v) is 5.48. The van der Waals surface area contributed by atoms with Gasteiger partial charge in [-0.3, -0.25) is 4.79 Å². The summed E-state index contributed by atoms with van der Waals surface area (Å²) in [6, 6.07) is 9.38. The lowest BCUT2D eigenvalue weighted by Crippen LogP contribution is -2.19. The maximum absolute atomic E-state index is 12.2. The second-order valence-electron chi connectivity index (χ2n) is 5.48. The van der Waals surface area contributed by atoms with Gasteiger partial charge in [0.2, 0.25) is 0 Å². The summed E-state index contributed by atoms with van der Waals surface area (Å²) >= 11 is 0. The third-order valence-electron chi connectivity index (χ3n) is 3.36. The zero-order valence-electron chi connectivity index (χ0n) is 13.2. The fourth-order valence-corrected chi connectivity index (χ4v) is 2.19. The van der Waals surface area contributed by atoms with Gasteiger partial charge >= 0.3 is 6.18 Å². The van der Waals surface area contributed by atoms with Crippen molar-refractivity contribution in [1.82, 2.24) is 9.38 Å². The predicted molar refractivity (Wildman–Crippen MR) is 85.9 cm³/mol. The fourth-order valence-electron chi connectivity index (χ4n) is 2.19. The maximum atomic E-state index is 12.2. The number of nitrogens with one attached hydrogen (secondary N) is 1. The molecule has 8 heteroatoms. The van der Waals surface area contributed by atoms with E-state index in [9.17, 15) is 18.0 Å². The molecule has 0 saturated carbocycles. The lowest BCUT2D eigenvalue weighted by Gasteiger charge is -2.09. The molecule has 3 aromatic rings. The Hall–Kier alpha value is -3.03. The average Bonchev–Trinajstić information content (AvgIpc) is 2.96. The molecule has 0 fully saturated rings. The van der Waals surface area contributed by atoms with Gasteiger partial charge in [-0.2, -0.15) is 13.2 Å². The molecule has 25 heavy (non-hydrogen) atoms. The van der Waals surface area contributed by atoms with Crippen LogP contribution in [0.4, 0.5) is 18.9 Å². The number of rotatable bonds is 4. The van der Waals surface area contributed by atoms with E-state index in [0.717, 1.165) is 5.56 Å². The van der Waals surface area contributed by atoms with Crippen molar-refractivity contribution >= 4 is 17.2 Å². The molecule has 0 radical (unpaired) electrons. The smallest absolute Gasteiger partial charge is 0.422 e. The fraction of sp³-hybridized carbons (Fsp3) is 0.176. The van der Waals surface area contributed by atoms with Crippen LogP contribution in [0, 0.1) is 6.92 Å². The van der Waals surface area contributed by atoms with E-state index in [1.54, 1.807) is 16.8 Å². The number of amides is 1. The van der Waals surface area contributed by atoms with Gasteiger partial charge in [-0.05, 0) is 48.9 Å². The summed E-state index contributed by atoms with van der Waals surface area (Å²) < 4.78 is 42.7. The molecule has 3 rings (SSSR count). The third kappa shape index (κ3) is 4.28. The summed E-state index contributed by atoms with van der Waals surface area (Å²) in [7, 11) is 0. The van der Waals surface area contributed by atoms with Crippen LogP contribution in [0.15, 0.2) is 48.8 Å². The molecule has 130 valence electrons. The van der Waals surface area contributed by atoms with Gasteiger partial charge < -0.3 is 14.5 Å². The Morgan fingerprint density at radius 1 is 1.24 bits per heavy atom. The Morgan fingerprint density at radius 3 is 2.64 bits per heavy atom. The number of imidazole rings is 1. The van der Waals surface area contributed by atoms with Crippen molar-refractivity contribution in [3.8, 4) is 5.75 Å². The Balaban J connectivity index is 1.67. The topological polar surface area (TPSA) is 55.6 Å². The first-order valence-electron chi connectivity index (χ1n) is 7.36. The van der Waals surface area contributed by atoms with Crippen molar-refractivity contribution in [1.29, 1.82) is 0 Å². The molecular formula is C17H14F3N3O2. The summed E-state index contributed by atoms with van der Waals surface area (Å²) in [6.45, 7) is 0.566. The highest BCUT2D eigenvalue weighted by Gasteiger charge is 2.28. The molecule has 2 heterocycles. The van der Waals surface area contributed by atoms with Crippen LogP contribution in [0.1, 0.15) is 16.1 Å². The molecule has 0 aliphatic rings. The number of hydrogen-bond donors (Lipinski definition) is 1. The summed E-state index contributed by atoms with van der Waals surface area (Å²) in [5.74, 6) is -0.344. The van der Waals surface area contributed by atoms with Crippen LogP contribution in [-0.2, 0) is 0 Å². The van der Waals surface area contributed by atoms with Gasteiger partial charge in [0.25, 0.3) is 5.91 Å². The molecule has 1 amide bonds. The first kappa shape index (κ1) is 16.8. The van der Waals surface area contributed by atoms with E-state index in [4.69, 9.17) is 0 Å². The predicted octanol–water partition coefficient (Wildman–Crippen LogP) is 3.84. The summed E-state index contributed by atoms with van der Waals surface area (Å²) in [5.41, 5.74) is 2.35. The molecule has 0 saturated heterocycles. The van der Waals surface area contributed by atoms with Gasteiger partial charge in [-0.25, -0.2) is 4.98 Å². The Kier molecular flexibility index (Phi) is 4.35. The van der Waals surface area contributed by atoms with Crippen LogP contribution in [0.25, 0.3) is 5.65 Å². The van der Waals surface area contributed by atoms with Crippen molar-refractivity contribution in [2.45, 2.75) is 13.1 Å². The summed E-state index contributed by atoms with van der Waals surface area (Å²) in [6.07, 6.45) is -0.986. The number of ether oxygens (including phenoxy) is 1. The third-order valence-corrected chi connectivity index (χ3v) is 3.36. The van der Waals surface area contributed by atoms with Crippen LogP contribution >= 0.6 is 0 Å². The molecule has 0 aliphatic heterocycles. The van der Waals surface area contributed by atoms with Gasteiger partial charge in [-0.1, -0.05) is 0 Å². The van der Waals surface area contributed by atoms with E-state index < -0.39 is 18.7 Å². The quantitative estimate of drug-likeness (QED) is 0.779. The lowest BCUT2D eigenvalue weighted by molar-refractivity contribution is -0.153. The van der Waals surface area contributed by atoms with Crippen molar-refractivity contribution in [2.24, 2.45) is 0 Å². The highest BCUT2D eigenvalue weighted by molar-refractivity contribution is 6.03. The number of fused-ring (bicyclic) bond motifs is 1. The second kappa shape index (κ2) is 6.46. The molecule has 2 aromatic heterocycles. The van der Waals surface area contributed by atoms with Crippen LogP contribution < -0.4 is 10.1 Å². The number of alkyl halides is 3. The number of halogens is 3. The molecule has 0 spiro atoms. The molecule has 0 aliphatic carbocycles. The van der Waals surface area contributed by atoms with E-state index in [2.05, 4.69) is 15.0 Å². The highest BCUT2D eigenvalue weighted by Crippen LogP contribution is 2.20. The number of aromatic nitrogens is 2. The Labute approximate surface area is 141 Å². The van der Waals surface area contributed by atoms with Crippen molar-refractivity contribution in [3.63, 3.8) is 0 Å².